The van der Waals surface area contributed by atoms with Crippen molar-refractivity contribution in [2.75, 3.05) is 13.7 Å². The highest BCUT2D eigenvalue weighted by molar-refractivity contribution is 5.72. The van der Waals surface area contributed by atoms with Crippen LogP contribution in [0.3, 0.4) is 0 Å². The molecule has 0 aliphatic heterocycles. The Morgan fingerprint density at radius 2 is 2.00 bits per heavy atom. The highest BCUT2D eigenvalue weighted by Crippen LogP contribution is 2.14. The van der Waals surface area contributed by atoms with Gasteiger partial charge in [0.2, 0.25) is 0 Å². The second kappa shape index (κ2) is 8.72. The fourth-order valence-corrected chi connectivity index (χ4v) is 1.60. The number of hydrogen-bond acceptors (Lipinski definition) is 3. The lowest BCUT2D eigenvalue weighted by atomic mass is 9.98. The van der Waals surface area contributed by atoms with Crippen LogP contribution >= 0.6 is 0 Å². The molecule has 0 bridgehead atoms. The molecule has 0 aromatic rings. The van der Waals surface area contributed by atoms with Crippen LogP contribution in [0.2, 0.25) is 0 Å². The summed E-state index contributed by atoms with van der Waals surface area (Å²) in [5.41, 5.74) is 0. The molecule has 0 aromatic heterocycles. The summed E-state index contributed by atoms with van der Waals surface area (Å²) in [6.07, 6.45) is 3.97. The maximum atomic E-state index is 11.3. The standard InChI is InChI=1S/C12H25NO2/c1-5-9-13-10(3)7-8-11(6-2)12(14)15-4/h10-11,13H,5-9H2,1-4H3. The molecule has 0 fully saturated rings. The summed E-state index contributed by atoms with van der Waals surface area (Å²) in [5.74, 6) is 0.000989. The summed E-state index contributed by atoms with van der Waals surface area (Å²) in [6.45, 7) is 7.41. The van der Waals surface area contributed by atoms with Crippen molar-refractivity contribution in [1.82, 2.24) is 5.32 Å². The zero-order chi connectivity index (χ0) is 11.7. The zero-order valence-electron chi connectivity index (χ0n) is 10.5. The van der Waals surface area contributed by atoms with Crippen molar-refractivity contribution >= 4 is 5.97 Å². The average Bonchev–Trinajstić information content (AvgIpc) is 2.26. The highest BCUT2D eigenvalue weighted by Gasteiger charge is 2.17. The second-order valence-electron chi connectivity index (χ2n) is 4.06. The molecule has 1 N–H and O–H groups in total. The van der Waals surface area contributed by atoms with E-state index in [0.717, 1.165) is 32.2 Å². The van der Waals surface area contributed by atoms with E-state index in [1.807, 2.05) is 6.92 Å². The molecule has 90 valence electrons. The van der Waals surface area contributed by atoms with E-state index in [4.69, 9.17) is 4.74 Å². The lowest BCUT2D eigenvalue weighted by Gasteiger charge is -2.16. The third-order valence-corrected chi connectivity index (χ3v) is 2.72. The lowest BCUT2D eigenvalue weighted by Crippen LogP contribution is -2.28. The number of hydrogen-bond donors (Lipinski definition) is 1. The molecule has 2 unspecified atom stereocenters. The average molecular weight is 215 g/mol. The molecule has 3 heteroatoms. The first-order valence-electron chi connectivity index (χ1n) is 5.96. The van der Waals surface area contributed by atoms with E-state index in [9.17, 15) is 4.79 Å². The smallest absolute Gasteiger partial charge is 0.308 e. The molecule has 3 nitrogen and oxygen atoms in total. The number of ether oxygens (including phenoxy) is 1. The van der Waals surface area contributed by atoms with Gasteiger partial charge in [-0.15, -0.1) is 0 Å². The summed E-state index contributed by atoms with van der Waals surface area (Å²) < 4.78 is 4.76. The summed E-state index contributed by atoms with van der Waals surface area (Å²) in [5, 5.41) is 3.42. The molecule has 0 heterocycles. The molecule has 2 atom stereocenters. The monoisotopic (exact) mass is 215 g/mol. The van der Waals surface area contributed by atoms with Crippen molar-refractivity contribution < 1.29 is 9.53 Å². The molecule has 0 saturated carbocycles. The number of esters is 1. The van der Waals surface area contributed by atoms with Crippen molar-refractivity contribution in [3.05, 3.63) is 0 Å². The first-order chi connectivity index (χ1) is 7.15. The van der Waals surface area contributed by atoms with E-state index in [0.29, 0.717) is 6.04 Å². The zero-order valence-corrected chi connectivity index (χ0v) is 10.5. The fraction of sp³-hybridized carbons (Fsp3) is 0.917. The normalized spacial score (nSPS) is 14.7. The van der Waals surface area contributed by atoms with Crippen LogP contribution < -0.4 is 5.32 Å². The molecule has 0 aliphatic carbocycles. The van der Waals surface area contributed by atoms with E-state index in [2.05, 4.69) is 19.2 Å². The quantitative estimate of drug-likeness (QED) is 0.632. The summed E-state index contributed by atoms with van der Waals surface area (Å²) in [6, 6.07) is 0.489. The molecule has 0 aliphatic rings. The van der Waals surface area contributed by atoms with Gasteiger partial charge in [-0.1, -0.05) is 13.8 Å². The van der Waals surface area contributed by atoms with Gasteiger partial charge in [-0.05, 0) is 39.2 Å². The Bertz CT molecular complexity index is 171. The van der Waals surface area contributed by atoms with Gasteiger partial charge in [0.05, 0.1) is 13.0 Å². The van der Waals surface area contributed by atoms with Crippen molar-refractivity contribution in [3.8, 4) is 0 Å². The van der Waals surface area contributed by atoms with Crippen molar-refractivity contribution in [2.24, 2.45) is 5.92 Å². The first-order valence-corrected chi connectivity index (χ1v) is 5.96. The van der Waals surface area contributed by atoms with Crippen LogP contribution in [0.5, 0.6) is 0 Å². The topological polar surface area (TPSA) is 38.3 Å². The summed E-state index contributed by atoms with van der Waals surface area (Å²) in [7, 11) is 1.46. The molecule has 0 rings (SSSR count). The summed E-state index contributed by atoms with van der Waals surface area (Å²) >= 11 is 0. The fourth-order valence-electron chi connectivity index (χ4n) is 1.60. The van der Waals surface area contributed by atoms with Gasteiger partial charge >= 0.3 is 5.97 Å². The molecule has 0 saturated heterocycles. The van der Waals surface area contributed by atoms with Gasteiger partial charge in [-0.3, -0.25) is 4.79 Å². The third kappa shape index (κ3) is 6.50. The first kappa shape index (κ1) is 14.4. The molecular formula is C12H25NO2. The number of carbonyl (C=O) groups excluding carboxylic acids is 1. The predicted octanol–water partition coefficient (Wildman–Crippen LogP) is 2.35. The van der Waals surface area contributed by atoms with Gasteiger partial charge in [-0.2, -0.15) is 0 Å². The summed E-state index contributed by atoms with van der Waals surface area (Å²) in [4.78, 5) is 11.3. The Hall–Kier alpha value is -0.570. The SMILES string of the molecule is CCCNC(C)CCC(CC)C(=O)OC. The maximum absolute atomic E-state index is 11.3. The minimum Gasteiger partial charge on any atom is -0.469 e. The number of rotatable bonds is 8. The highest BCUT2D eigenvalue weighted by atomic mass is 16.5. The Kier molecular flexibility index (Phi) is 8.38. The van der Waals surface area contributed by atoms with E-state index in [-0.39, 0.29) is 11.9 Å². The van der Waals surface area contributed by atoms with E-state index < -0.39 is 0 Å². The van der Waals surface area contributed by atoms with Crippen LogP contribution in [-0.4, -0.2) is 25.7 Å². The van der Waals surface area contributed by atoms with Crippen molar-refractivity contribution in [2.45, 2.75) is 52.5 Å². The Labute approximate surface area is 93.6 Å². The van der Waals surface area contributed by atoms with Gasteiger partial charge in [-0.25, -0.2) is 0 Å². The maximum Gasteiger partial charge on any atom is 0.308 e. The van der Waals surface area contributed by atoms with Crippen LogP contribution in [0.25, 0.3) is 0 Å². The Morgan fingerprint density at radius 1 is 1.33 bits per heavy atom. The van der Waals surface area contributed by atoms with Crippen LogP contribution in [0.4, 0.5) is 0 Å². The van der Waals surface area contributed by atoms with Gasteiger partial charge in [0.15, 0.2) is 0 Å². The largest absolute Gasteiger partial charge is 0.469 e. The predicted molar refractivity (Wildman–Crippen MR) is 62.8 cm³/mol. The van der Waals surface area contributed by atoms with Crippen LogP contribution in [-0.2, 0) is 9.53 Å². The van der Waals surface area contributed by atoms with Crippen LogP contribution in [0, 0.1) is 5.92 Å². The second-order valence-corrected chi connectivity index (χ2v) is 4.06. The Balaban J connectivity index is 3.74. The minimum atomic E-state index is -0.0693. The molecule has 0 radical (unpaired) electrons. The van der Waals surface area contributed by atoms with Crippen LogP contribution in [0.1, 0.15) is 46.5 Å². The van der Waals surface area contributed by atoms with Crippen molar-refractivity contribution in [1.29, 1.82) is 0 Å². The third-order valence-electron chi connectivity index (χ3n) is 2.72. The van der Waals surface area contributed by atoms with Crippen LogP contribution in [0.15, 0.2) is 0 Å². The van der Waals surface area contributed by atoms with Gasteiger partial charge in [0, 0.05) is 6.04 Å². The molecule has 15 heavy (non-hydrogen) atoms. The van der Waals surface area contributed by atoms with E-state index in [1.54, 1.807) is 0 Å². The molecular weight excluding hydrogens is 190 g/mol. The lowest BCUT2D eigenvalue weighted by molar-refractivity contribution is -0.145. The van der Waals surface area contributed by atoms with E-state index >= 15 is 0 Å². The minimum absolute atomic E-state index is 0.0693. The number of nitrogens with one attached hydrogen (secondary N) is 1. The van der Waals surface area contributed by atoms with Gasteiger partial charge in [0.25, 0.3) is 0 Å². The number of carbonyl (C=O) groups is 1. The van der Waals surface area contributed by atoms with Crippen molar-refractivity contribution in [3.63, 3.8) is 0 Å². The molecule has 0 aromatic carbocycles. The van der Waals surface area contributed by atoms with Gasteiger partial charge in [0.1, 0.15) is 0 Å². The molecule has 0 spiro atoms. The van der Waals surface area contributed by atoms with E-state index in [1.165, 1.54) is 7.11 Å². The Morgan fingerprint density at radius 3 is 2.47 bits per heavy atom. The number of methoxy groups -OCH3 is 1. The van der Waals surface area contributed by atoms with Gasteiger partial charge < -0.3 is 10.1 Å². The molecule has 0 amide bonds.